The molecular weight excluding hydrogens is 384 g/mol. The fraction of sp³-hybridized carbons (Fsp3) is 0.636. The molecule has 2 heterocycles. The summed E-state index contributed by atoms with van der Waals surface area (Å²) < 4.78 is 1.34. The maximum Gasteiger partial charge on any atom is 0.277 e. The van der Waals surface area contributed by atoms with Crippen LogP contribution in [0.1, 0.15) is 73.1 Å². The first-order valence-electron chi connectivity index (χ1n) is 10.3. The zero-order valence-corrected chi connectivity index (χ0v) is 19.4. The Morgan fingerprint density at radius 3 is 2.45 bits per heavy atom. The first-order valence-corrected chi connectivity index (χ1v) is 11.2. The van der Waals surface area contributed by atoms with Crippen LogP contribution in [-0.4, -0.2) is 26.7 Å². The van der Waals surface area contributed by atoms with E-state index in [0.29, 0.717) is 27.1 Å². The number of amides is 1. The normalized spacial score (nSPS) is 20.0. The summed E-state index contributed by atoms with van der Waals surface area (Å²) in [5, 5.41) is 8.11. The molecule has 6 nitrogen and oxygen atoms in total. The Hall–Kier alpha value is -2.02. The van der Waals surface area contributed by atoms with Crippen LogP contribution < -0.4 is 10.9 Å². The first-order chi connectivity index (χ1) is 13.5. The monoisotopic (exact) mass is 416 g/mol. The number of carbonyl (C=O) groups is 1. The van der Waals surface area contributed by atoms with Crippen LogP contribution in [0.25, 0.3) is 10.6 Å². The maximum absolute atomic E-state index is 13.1. The van der Waals surface area contributed by atoms with Gasteiger partial charge in [0.15, 0.2) is 0 Å². The van der Waals surface area contributed by atoms with E-state index in [1.54, 1.807) is 7.05 Å². The second-order valence-electron chi connectivity index (χ2n) is 9.28. The molecule has 29 heavy (non-hydrogen) atoms. The average molecular weight is 417 g/mol. The van der Waals surface area contributed by atoms with Gasteiger partial charge in [0.05, 0.1) is 17.0 Å². The van der Waals surface area contributed by atoms with Crippen molar-refractivity contribution in [3.05, 3.63) is 32.2 Å². The molecule has 0 saturated heterocycles. The molecule has 1 saturated carbocycles. The van der Waals surface area contributed by atoms with E-state index in [9.17, 15) is 9.59 Å². The highest BCUT2D eigenvalue weighted by Gasteiger charge is 2.35. The second-order valence-corrected chi connectivity index (χ2v) is 10.3. The molecule has 2 atom stereocenters. The highest BCUT2D eigenvalue weighted by atomic mass is 32.1. The van der Waals surface area contributed by atoms with E-state index in [0.717, 1.165) is 30.5 Å². The summed E-state index contributed by atoms with van der Waals surface area (Å²) in [4.78, 5) is 31.0. The summed E-state index contributed by atoms with van der Waals surface area (Å²) in [7, 11) is 1.64. The van der Waals surface area contributed by atoms with Crippen molar-refractivity contribution in [2.45, 2.75) is 73.3 Å². The molecule has 2 aromatic rings. The molecule has 0 aliphatic heterocycles. The van der Waals surface area contributed by atoms with Crippen LogP contribution in [0.3, 0.4) is 0 Å². The summed E-state index contributed by atoms with van der Waals surface area (Å²) in [6.45, 7) is 12.4. The van der Waals surface area contributed by atoms with Crippen LogP contribution in [0.5, 0.6) is 0 Å². The third-order valence-corrected chi connectivity index (χ3v) is 7.31. The van der Waals surface area contributed by atoms with Gasteiger partial charge in [-0.2, -0.15) is 5.10 Å². The van der Waals surface area contributed by atoms with Crippen molar-refractivity contribution in [2.75, 3.05) is 0 Å². The van der Waals surface area contributed by atoms with Gasteiger partial charge in [0.2, 0.25) is 0 Å². The van der Waals surface area contributed by atoms with Gasteiger partial charge in [-0.25, -0.2) is 9.67 Å². The van der Waals surface area contributed by atoms with E-state index in [2.05, 4.69) is 36.2 Å². The predicted octanol–water partition coefficient (Wildman–Crippen LogP) is 4.16. The molecule has 0 bridgehead atoms. The van der Waals surface area contributed by atoms with Crippen LogP contribution in [0.4, 0.5) is 0 Å². The van der Waals surface area contributed by atoms with Crippen molar-refractivity contribution in [1.82, 2.24) is 20.1 Å². The Bertz CT molecular complexity index is 984. The van der Waals surface area contributed by atoms with Crippen LogP contribution in [0.2, 0.25) is 0 Å². The molecule has 3 rings (SSSR count). The quantitative estimate of drug-likeness (QED) is 0.815. The third kappa shape index (κ3) is 4.29. The fourth-order valence-corrected chi connectivity index (χ4v) is 5.45. The Balaban J connectivity index is 1.92. The molecule has 0 radical (unpaired) electrons. The van der Waals surface area contributed by atoms with Crippen LogP contribution in [0.15, 0.2) is 4.79 Å². The van der Waals surface area contributed by atoms with Gasteiger partial charge in [-0.3, -0.25) is 9.59 Å². The van der Waals surface area contributed by atoms with Crippen molar-refractivity contribution < 1.29 is 4.79 Å². The number of aromatic nitrogens is 3. The summed E-state index contributed by atoms with van der Waals surface area (Å²) in [6, 6.07) is 0.180. The fourth-order valence-electron chi connectivity index (χ4n) is 4.39. The molecule has 7 heteroatoms. The van der Waals surface area contributed by atoms with E-state index >= 15 is 0 Å². The molecule has 1 amide bonds. The summed E-state index contributed by atoms with van der Waals surface area (Å²) >= 11 is 1.30. The summed E-state index contributed by atoms with van der Waals surface area (Å²) in [5.74, 6) is 0.387. The smallest absolute Gasteiger partial charge is 0.277 e. The molecule has 2 aromatic heterocycles. The number of rotatable bonds is 3. The number of hydrogen-bond donors (Lipinski definition) is 1. The van der Waals surface area contributed by atoms with Crippen molar-refractivity contribution in [3.8, 4) is 10.6 Å². The lowest BCUT2D eigenvalue weighted by Crippen LogP contribution is -2.46. The van der Waals surface area contributed by atoms with Gasteiger partial charge in [0, 0.05) is 13.1 Å². The number of aryl methyl sites for hydroxylation is 3. The molecule has 158 valence electrons. The number of nitrogens with one attached hydrogen (secondary N) is 1. The van der Waals surface area contributed by atoms with Crippen molar-refractivity contribution in [2.24, 2.45) is 18.4 Å². The van der Waals surface area contributed by atoms with Gasteiger partial charge in [-0.15, -0.1) is 11.3 Å². The second kappa shape index (κ2) is 8.01. The minimum atomic E-state index is -0.186. The molecule has 0 aromatic carbocycles. The highest BCUT2D eigenvalue weighted by Crippen LogP contribution is 2.38. The largest absolute Gasteiger partial charge is 0.348 e. The lowest BCUT2D eigenvalue weighted by molar-refractivity contribution is 0.0833. The standard InChI is InChI=1S/C22H32N4O2S/c1-12-13(2)25-26(7)21(28)17(12)20-23-14(3)18(29-20)19(27)24-16-11-9-8-10-15(16)22(4,5)6/h15-16H,8-11H2,1-7H3,(H,24,27). The Labute approximate surface area is 176 Å². The van der Waals surface area contributed by atoms with Crippen LogP contribution in [0, 0.1) is 32.1 Å². The summed E-state index contributed by atoms with van der Waals surface area (Å²) in [6.07, 6.45) is 4.53. The third-order valence-electron chi connectivity index (χ3n) is 6.14. The lowest BCUT2D eigenvalue weighted by Gasteiger charge is -2.40. The van der Waals surface area contributed by atoms with E-state index in [4.69, 9.17) is 0 Å². The molecular formula is C22H32N4O2S. The maximum atomic E-state index is 13.1. The topological polar surface area (TPSA) is 76.9 Å². The average Bonchev–Trinajstić information content (AvgIpc) is 3.01. The first kappa shape index (κ1) is 21.7. The lowest BCUT2D eigenvalue weighted by atomic mass is 9.69. The Morgan fingerprint density at radius 1 is 1.14 bits per heavy atom. The van der Waals surface area contributed by atoms with Crippen molar-refractivity contribution in [1.29, 1.82) is 0 Å². The molecule has 2 unspecified atom stereocenters. The molecule has 1 fully saturated rings. The molecule has 1 N–H and O–H groups in total. The molecule has 1 aliphatic carbocycles. The minimum Gasteiger partial charge on any atom is -0.348 e. The Kier molecular flexibility index (Phi) is 5.99. The minimum absolute atomic E-state index is 0.0762. The number of carbonyl (C=O) groups excluding carboxylic acids is 1. The summed E-state index contributed by atoms with van der Waals surface area (Å²) in [5.41, 5.74) is 2.78. The van der Waals surface area contributed by atoms with Crippen molar-refractivity contribution >= 4 is 17.2 Å². The molecule has 0 spiro atoms. The van der Waals surface area contributed by atoms with Gasteiger partial charge in [0.25, 0.3) is 11.5 Å². The number of thiazole rings is 1. The van der Waals surface area contributed by atoms with Gasteiger partial charge in [-0.05, 0) is 50.5 Å². The van der Waals surface area contributed by atoms with E-state index in [-0.39, 0.29) is 22.9 Å². The number of hydrogen-bond acceptors (Lipinski definition) is 5. The van der Waals surface area contributed by atoms with Crippen molar-refractivity contribution in [3.63, 3.8) is 0 Å². The van der Waals surface area contributed by atoms with E-state index < -0.39 is 0 Å². The van der Waals surface area contributed by atoms with Gasteiger partial charge in [0.1, 0.15) is 9.88 Å². The highest BCUT2D eigenvalue weighted by molar-refractivity contribution is 7.17. The van der Waals surface area contributed by atoms with Crippen LogP contribution in [-0.2, 0) is 7.05 Å². The van der Waals surface area contributed by atoms with Gasteiger partial charge >= 0.3 is 0 Å². The number of nitrogens with zero attached hydrogens (tertiary/aromatic N) is 3. The molecule has 1 aliphatic rings. The van der Waals surface area contributed by atoms with Gasteiger partial charge < -0.3 is 5.32 Å². The predicted molar refractivity (Wildman–Crippen MR) is 117 cm³/mol. The zero-order valence-electron chi connectivity index (χ0n) is 18.5. The van der Waals surface area contributed by atoms with Crippen LogP contribution >= 0.6 is 11.3 Å². The Morgan fingerprint density at radius 2 is 1.79 bits per heavy atom. The SMILES string of the molecule is Cc1nc(-c2c(C)c(C)nn(C)c2=O)sc1C(=O)NC1CCCCC1C(C)(C)C. The van der Waals surface area contributed by atoms with Gasteiger partial charge in [-0.1, -0.05) is 33.6 Å². The van der Waals surface area contributed by atoms with E-state index in [1.807, 2.05) is 20.8 Å². The van der Waals surface area contributed by atoms with E-state index in [1.165, 1.54) is 22.4 Å². The zero-order chi connectivity index (χ0) is 21.5.